The Balaban J connectivity index is 1.91. The molecule has 14 heteroatoms. The molecule has 2 heterocycles. The number of nitrogens with zero attached hydrogens (tertiary/aromatic N) is 2. The largest absolute Gasteiger partial charge is 0.491 e. The molecule has 10 nitrogen and oxygen atoms in total. The summed E-state index contributed by atoms with van der Waals surface area (Å²) in [7, 11) is -1.90. The molecule has 1 N–H and O–H groups in total. The Morgan fingerprint density at radius 3 is 1.98 bits per heavy atom. The van der Waals surface area contributed by atoms with Crippen LogP contribution in [-0.2, 0) is 18.7 Å². The van der Waals surface area contributed by atoms with Gasteiger partial charge >= 0.3 is 18.2 Å². The number of halogens is 3. The Labute approximate surface area is 288 Å². The lowest BCUT2D eigenvalue weighted by Crippen LogP contribution is -2.65. The maximum absolute atomic E-state index is 13.6. The van der Waals surface area contributed by atoms with Crippen LogP contribution < -0.4 is 4.74 Å². The number of alkyl halides is 3. The first-order valence-electron chi connectivity index (χ1n) is 15.2. The first-order chi connectivity index (χ1) is 20.8. The molecular formula is C32H47Cl3N2O8Si. The summed E-state index contributed by atoms with van der Waals surface area (Å²) in [6, 6.07) is 5.44. The van der Waals surface area contributed by atoms with Gasteiger partial charge in [-0.25, -0.2) is 14.4 Å². The van der Waals surface area contributed by atoms with Crippen molar-refractivity contribution in [3.05, 3.63) is 35.4 Å². The Hall–Kier alpha value is -2.18. The molecule has 2 amide bonds. The third-order valence-corrected chi connectivity index (χ3v) is 14.5. The van der Waals surface area contributed by atoms with E-state index in [2.05, 4.69) is 33.9 Å². The molecule has 0 saturated carbocycles. The Morgan fingerprint density at radius 2 is 1.48 bits per heavy atom. The summed E-state index contributed by atoms with van der Waals surface area (Å²) < 4.78 is 21.4. The van der Waals surface area contributed by atoms with Gasteiger partial charge in [0.15, 0.2) is 13.9 Å². The molecule has 2 aliphatic heterocycles. The number of benzene rings is 1. The zero-order chi connectivity index (χ0) is 35.0. The fraction of sp³-hybridized carbons (Fsp3) is 0.656. The third-order valence-electron chi connectivity index (χ3n) is 8.59. The van der Waals surface area contributed by atoms with E-state index in [0.717, 1.165) is 0 Å². The highest BCUT2D eigenvalue weighted by atomic mass is 35.6. The van der Waals surface area contributed by atoms with Gasteiger partial charge in [-0.1, -0.05) is 67.7 Å². The van der Waals surface area contributed by atoms with Crippen molar-refractivity contribution >= 4 is 66.8 Å². The number of fused-ring (bicyclic) bond motifs is 2. The Kier molecular flexibility index (Phi) is 11.4. The molecule has 0 unspecified atom stereocenters. The van der Waals surface area contributed by atoms with Crippen molar-refractivity contribution in [2.45, 2.75) is 107 Å². The SMILES string of the molecule is CC(C)(C)OC(=O)N1C[C@H]2CC(c3ccc(OCCO[Si](C)(C)C(C)(C)C)cc3)=C(C(=O)O)[C@@H](C1)N2C(=O)OC(C)(C)C(Cl)(Cl)Cl. The number of hydrogen-bond donors (Lipinski definition) is 1. The van der Waals surface area contributed by atoms with Crippen molar-refractivity contribution in [1.29, 1.82) is 0 Å². The molecular weight excluding hydrogens is 675 g/mol. The van der Waals surface area contributed by atoms with Crippen LogP contribution >= 0.6 is 34.8 Å². The maximum atomic E-state index is 13.6. The third kappa shape index (κ3) is 9.03. The number of piperazine rings is 1. The molecule has 2 bridgehead atoms. The fourth-order valence-electron chi connectivity index (χ4n) is 4.96. The van der Waals surface area contributed by atoms with E-state index in [-0.39, 0.29) is 30.1 Å². The summed E-state index contributed by atoms with van der Waals surface area (Å²) in [5.41, 5.74) is -1.13. The van der Waals surface area contributed by atoms with Crippen LogP contribution in [0.25, 0.3) is 5.57 Å². The molecule has 0 radical (unpaired) electrons. The highest BCUT2D eigenvalue weighted by molar-refractivity contribution is 6.74. The van der Waals surface area contributed by atoms with Crippen molar-refractivity contribution in [2.24, 2.45) is 0 Å². The quantitative estimate of drug-likeness (QED) is 0.164. The van der Waals surface area contributed by atoms with E-state index < -0.39 is 53.6 Å². The molecule has 3 rings (SSSR count). The second-order valence-corrected chi connectivity index (χ2v) is 21.8. The first kappa shape index (κ1) is 38.3. The van der Waals surface area contributed by atoms with Crippen LogP contribution in [0.5, 0.6) is 5.75 Å². The lowest BCUT2D eigenvalue weighted by Gasteiger charge is -2.50. The summed E-state index contributed by atoms with van der Waals surface area (Å²) in [4.78, 5) is 42.4. The fourth-order valence-corrected chi connectivity index (χ4v) is 6.10. The number of amides is 2. The molecule has 1 aromatic carbocycles. The van der Waals surface area contributed by atoms with E-state index in [1.165, 1.54) is 23.6 Å². The summed E-state index contributed by atoms with van der Waals surface area (Å²) in [5.74, 6) is -0.614. The number of carbonyl (C=O) groups is 3. The molecule has 1 saturated heterocycles. The molecule has 1 fully saturated rings. The van der Waals surface area contributed by atoms with Gasteiger partial charge in [-0.3, -0.25) is 4.90 Å². The van der Waals surface area contributed by atoms with Crippen LogP contribution in [0.1, 0.15) is 67.4 Å². The van der Waals surface area contributed by atoms with Crippen molar-refractivity contribution in [1.82, 2.24) is 9.80 Å². The number of ether oxygens (including phenoxy) is 3. The topological polar surface area (TPSA) is 115 Å². The van der Waals surface area contributed by atoms with E-state index in [0.29, 0.717) is 30.1 Å². The standard InChI is InChI=1S/C32H47Cl3N2O8Si/c1-29(2,3)44-27(40)36-18-21-17-23(20-11-13-22(14-12-20)42-15-16-43-46(9,10)30(4,5)6)25(26(38)39)24(19-36)37(21)28(41)45-31(7,8)32(33,34)35/h11-14,21,24H,15-19H2,1-10H3,(H,38,39)/t21-,24-/m1/s1. The van der Waals surface area contributed by atoms with E-state index >= 15 is 0 Å². The number of hydrogen-bond acceptors (Lipinski definition) is 7. The van der Waals surface area contributed by atoms with Gasteiger partial charge in [-0.05, 0) is 82.4 Å². The molecule has 258 valence electrons. The van der Waals surface area contributed by atoms with Gasteiger partial charge in [0.25, 0.3) is 0 Å². The highest BCUT2D eigenvalue weighted by Crippen LogP contribution is 2.43. The molecule has 2 atom stereocenters. The van der Waals surface area contributed by atoms with Crippen LogP contribution in [0.2, 0.25) is 18.1 Å². The summed E-state index contributed by atoms with van der Waals surface area (Å²) in [6.07, 6.45) is -1.33. The van der Waals surface area contributed by atoms with Crippen LogP contribution in [0.4, 0.5) is 9.59 Å². The summed E-state index contributed by atoms with van der Waals surface area (Å²) in [6.45, 7) is 19.8. The van der Waals surface area contributed by atoms with E-state index in [4.69, 9.17) is 53.4 Å². The first-order valence-corrected chi connectivity index (χ1v) is 19.3. The number of carboxylic acids is 1. The molecule has 0 aliphatic carbocycles. The van der Waals surface area contributed by atoms with Crippen LogP contribution in [0, 0.1) is 0 Å². The molecule has 0 aromatic heterocycles. The Bertz CT molecular complexity index is 1330. The molecule has 0 spiro atoms. The lowest BCUT2D eigenvalue weighted by molar-refractivity contribution is -0.134. The smallest absolute Gasteiger partial charge is 0.411 e. The predicted molar refractivity (Wildman–Crippen MR) is 182 cm³/mol. The average Bonchev–Trinajstić information content (AvgIpc) is 2.87. The minimum absolute atomic E-state index is 0.0374. The number of rotatable bonds is 8. The zero-order valence-corrected chi connectivity index (χ0v) is 31.6. The highest BCUT2D eigenvalue weighted by Gasteiger charge is 2.52. The van der Waals surface area contributed by atoms with Gasteiger partial charge in [0.2, 0.25) is 3.79 Å². The lowest BCUT2D eigenvalue weighted by atomic mass is 9.82. The number of carboxylic acid groups (broad SMARTS) is 1. The Morgan fingerprint density at radius 1 is 0.891 bits per heavy atom. The zero-order valence-electron chi connectivity index (χ0n) is 28.3. The van der Waals surface area contributed by atoms with Crippen LogP contribution in [0.15, 0.2) is 29.8 Å². The maximum Gasteiger partial charge on any atom is 0.411 e. The molecule has 2 aliphatic rings. The van der Waals surface area contributed by atoms with Gasteiger partial charge in [0.1, 0.15) is 18.0 Å². The minimum Gasteiger partial charge on any atom is -0.491 e. The normalized spacial score (nSPS) is 19.6. The van der Waals surface area contributed by atoms with Gasteiger partial charge in [0, 0.05) is 13.1 Å². The van der Waals surface area contributed by atoms with E-state index in [1.807, 2.05) is 0 Å². The van der Waals surface area contributed by atoms with Gasteiger partial charge in [-0.2, -0.15) is 0 Å². The second-order valence-electron chi connectivity index (χ2n) is 14.7. The predicted octanol–water partition coefficient (Wildman–Crippen LogP) is 7.90. The molecule has 46 heavy (non-hydrogen) atoms. The van der Waals surface area contributed by atoms with Gasteiger partial charge < -0.3 is 28.6 Å². The number of carbonyl (C=O) groups excluding carboxylic acids is 2. The van der Waals surface area contributed by atoms with Crippen LogP contribution in [0.3, 0.4) is 0 Å². The summed E-state index contributed by atoms with van der Waals surface area (Å²) >= 11 is 18.2. The number of aliphatic carboxylic acids is 1. The average molecular weight is 722 g/mol. The monoisotopic (exact) mass is 720 g/mol. The molecule has 1 aromatic rings. The van der Waals surface area contributed by atoms with Crippen molar-refractivity contribution in [3.8, 4) is 5.75 Å². The van der Waals surface area contributed by atoms with Crippen molar-refractivity contribution in [3.63, 3.8) is 0 Å². The second kappa shape index (κ2) is 13.7. The van der Waals surface area contributed by atoms with Crippen molar-refractivity contribution in [2.75, 3.05) is 26.3 Å². The van der Waals surface area contributed by atoms with E-state index in [9.17, 15) is 19.5 Å². The van der Waals surface area contributed by atoms with Crippen molar-refractivity contribution < 1.29 is 38.1 Å². The van der Waals surface area contributed by atoms with Gasteiger partial charge in [-0.15, -0.1) is 0 Å². The summed E-state index contributed by atoms with van der Waals surface area (Å²) in [5, 5.41) is 10.6. The van der Waals surface area contributed by atoms with E-state index in [1.54, 1.807) is 45.0 Å². The minimum atomic E-state index is -1.95. The van der Waals surface area contributed by atoms with Crippen LogP contribution in [-0.4, -0.2) is 94.8 Å². The van der Waals surface area contributed by atoms with Gasteiger partial charge in [0.05, 0.1) is 24.3 Å².